The summed E-state index contributed by atoms with van der Waals surface area (Å²) in [5.74, 6) is 0.415. The molecule has 0 heterocycles. The number of methoxy groups -OCH3 is 3. The molecule has 0 bridgehead atoms. The third kappa shape index (κ3) is 5.30. The van der Waals surface area contributed by atoms with Crippen molar-refractivity contribution in [2.45, 2.75) is 13.8 Å². The van der Waals surface area contributed by atoms with Gasteiger partial charge in [-0.3, -0.25) is 9.59 Å². The lowest BCUT2D eigenvalue weighted by atomic mass is 10.1. The van der Waals surface area contributed by atoms with Crippen molar-refractivity contribution in [1.29, 1.82) is 0 Å². The summed E-state index contributed by atoms with van der Waals surface area (Å²) in [6.07, 6.45) is 3.16. The van der Waals surface area contributed by atoms with Crippen LogP contribution >= 0.6 is 0 Å². The van der Waals surface area contributed by atoms with E-state index in [-0.39, 0.29) is 17.8 Å². The van der Waals surface area contributed by atoms with Crippen LogP contribution in [0.4, 0.5) is 0 Å². The van der Waals surface area contributed by atoms with Crippen LogP contribution in [0.3, 0.4) is 0 Å². The summed E-state index contributed by atoms with van der Waals surface area (Å²) in [4.78, 5) is 25.4. The first-order chi connectivity index (χ1) is 11.5. The molecule has 0 unspecified atom stereocenters. The van der Waals surface area contributed by atoms with Crippen LogP contribution < -0.4 is 9.47 Å². The number of rotatable bonds is 8. The summed E-state index contributed by atoms with van der Waals surface area (Å²) in [5, 5.41) is 0. The van der Waals surface area contributed by atoms with E-state index in [9.17, 15) is 9.59 Å². The van der Waals surface area contributed by atoms with E-state index in [0.29, 0.717) is 24.6 Å². The zero-order chi connectivity index (χ0) is 18.1. The van der Waals surface area contributed by atoms with Crippen LogP contribution in [-0.4, -0.2) is 51.2 Å². The van der Waals surface area contributed by atoms with Crippen molar-refractivity contribution >= 4 is 18.0 Å². The minimum Gasteiger partial charge on any atom is -0.497 e. The SMILES string of the molecule is CCN(C[C@H](C)C(=O)OC)C(=O)/C=C/c1ccc(OC)cc1OC. The predicted octanol–water partition coefficient (Wildman–Crippen LogP) is 2.37. The molecule has 6 nitrogen and oxygen atoms in total. The van der Waals surface area contributed by atoms with Gasteiger partial charge in [0.25, 0.3) is 0 Å². The summed E-state index contributed by atoms with van der Waals surface area (Å²) in [6.45, 7) is 4.41. The van der Waals surface area contributed by atoms with Crippen molar-refractivity contribution in [2.75, 3.05) is 34.4 Å². The van der Waals surface area contributed by atoms with Gasteiger partial charge in [-0.15, -0.1) is 0 Å². The number of ether oxygens (including phenoxy) is 3. The van der Waals surface area contributed by atoms with Gasteiger partial charge in [-0.2, -0.15) is 0 Å². The fourth-order valence-corrected chi connectivity index (χ4v) is 2.20. The predicted molar refractivity (Wildman–Crippen MR) is 92.0 cm³/mol. The number of hydrogen-bond donors (Lipinski definition) is 0. The first kappa shape index (κ1) is 19.5. The molecule has 0 saturated carbocycles. The summed E-state index contributed by atoms with van der Waals surface area (Å²) in [6, 6.07) is 5.36. The van der Waals surface area contributed by atoms with Crippen LogP contribution in [0.2, 0.25) is 0 Å². The van der Waals surface area contributed by atoms with Crippen LogP contribution in [0.25, 0.3) is 6.08 Å². The average molecular weight is 335 g/mol. The molecular weight excluding hydrogens is 310 g/mol. The first-order valence-electron chi connectivity index (χ1n) is 7.73. The first-order valence-corrected chi connectivity index (χ1v) is 7.73. The molecule has 132 valence electrons. The molecule has 0 radical (unpaired) electrons. The molecular formula is C18H25NO5. The van der Waals surface area contributed by atoms with Gasteiger partial charge in [0, 0.05) is 30.8 Å². The maximum Gasteiger partial charge on any atom is 0.310 e. The maximum absolute atomic E-state index is 12.3. The molecule has 0 aliphatic carbocycles. The molecule has 0 aliphatic heterocycles. The molecule has 0 N–H and O–H groups in total. The molecule has 0 fully saturated rings. The van der Waals surface area contributed by atoms with E-state index in [4.69, 9.17) is 14.2 Å². The summed E-state index contributed by atoms with van der Waals surface area (Å²) in [7, 11) is 4.48. The highest BCUT2D eigenvalue weighted by atomic mass is 16.5. The Morgan fingerprint density at radius 3 is 2.46 bits per heavy atom. The van der Waals surface area contributed by atoms with Gasteiger partial charge in [-0.25, -0.2) is 0 Å². The molecule has 0 spiro atoms. The van der Waals surface area contributed by atoms with Gasteiger partial charge in [-0.05, 0) is 25.1 Å². The van der Waals surface area contributed by atoms with E-state index in [0.717, 1.165) is 5.56 Å². The lowest BCUT2D eigenvalue weighted by Gasteiger charge is -2.22. The van der Waals surface area contributed by atoms with E-state index >= 15 is 0 Å². The maximum atomic E-state index is 12.3. The number of likely N-dealkylation sites (N-methyl/N-ethyl adjacent to an activating group) is 1. The summed E-state index contributed by atoms with van der Waals surface area (Å²) in [5.41, 5.74) is 0.767. The van der Waals surface area contributed by atoms with E-state index in [1.165, 1.54) is 13.2 Å². The molecule has 0 saturated heterocycles. The Kier molecular flexibility index (Phi) is 7.82. The number of hydrogen-bond acceptors (Lipinski definition) is 5. The van der Waals surface area contributed by atoms with Crippen LogP contribution in [0.1, 0.15) is 19.4 Å². The summed E-state index contributed by atoms with van der Waals surface area (Å²) < 4.78 is 15.1. The van der Waals surface area contributed by atoms with E-state index < -0.39 is 0 Å². The van der Waals surface area contributed by atoms with Crippen molar-refractivity contribution in [3.63, 3.8) is 0 Å². The van der Waals surface area contributed by atoms with Crippen LogP contribution in [0.5, 0.6) is 11.5 Å². The Hall–Kier alpha value is -2.50. The van der Waals surface area contributed by atoms with Crippen LogP contribution in [0, 0.1) is 5.92 Å². The lowest BCUT2D eigenvalue weighted by Crippen LogP contribution is -2.36. The topological polar surface area (TPSA) is 65.1 Å². The highest BCUT2D eigenvalue weighted by Crippen LogP contribution is 2.25. The molecule has 1 atom stereocenters. The Morgan fingerprint density at radius 1 is 1.21 bits per heavy atom. The number of esters is 1. The van der Waals surface area contributed by atoms with Crippen molar-refractivity contribution < 1.29 is 23.8 Å². The minimum absolute atomic E-state index is 0.175. The third-order valence-electron chi connectivity index (χ3n) is 3.64. The van der Waals surface area contributed by atoms with E-state index in [2.05, 4.69) is 0 Å². The van der Waals surface area contributed by atoms with Gasteiger partial charge in [0.15, 0.2) is 0 Å². The monoisotopic (exact) mass is 335 g/mol. The fourth-order valence-electron chi connectivity index (χ4n) is 2.20. The highest BCUT2D eigenvalue weighted by Gasteiger charge is 2.19. The normalized spacial score (nSPS) is 11.9. The molecule has 0 aromatic heterocycles. The zero-order valence-electron chi connectivity index (χ0n) is 14.9. The Balaban J connectivity index is 2.84. The average Bonchev–Trinajstić information content (AvgIpc) is 2.62. The van der Waals surface area contributed by atoms with Crippen molar-refractivity contribution in [3.8, 4) is 11.5 Å². The summed E-state index contributed by atoms with van der Waals surface area (Å²) >= 11 is 0. The van der Waals surface area contributed by atoms with Gasteiger partial charge < -0.3 is 19.1 Å². The molecule has 1 aromatic carbocycles. The molecule has 0 aliphatic rings. The molecule has 1 rings (SSSR count). The van der Waals surface area contributed by atoms with Gasteiger partial charge >= 0.3 is 5.97 Å². The van der Waals surface area contributed by atoms with E-state index in [1.54, 1.807) is 44.3 Å². The minimum atomic E-state index is -0.372. The van der Waals surface area contributed by atoms with Gasteiger partial charge in [0.2, 0.25) is 5.91 Å². The highest BCUT2D eigenvalue weighted by molar-refractivity contribution is 5.92. The second-order valence-electron chi connectivity index (χ2n) is 5.24. The van der Waals surface area contributed by atoms with Gasteiger partial charge in [0.05, 0.1) is 27.2 Å². The Morgan fingerprint density at radius 2 is 1.92 bits per heavy atom. The second-order valence-corrected chi connectivity index (χ2v) is 5.24. The number of benzene rings is 1. The number of amides is 1. The standard InChI is InChI=1S/C18H25NO5/c1-6-19(12-13(2)18(21)24-5)17(20)10-8-14-7-9-15(22-3)11-16(14)23-4/h7-11,13H,6,12H2,1-5H3/b10-8+/t13-/m0/s1. The third-order valence-corrected chi connectivity index (χ3v) is 3.64. The number of carbonyl (C=O) groups excluding carboxylic acids is 2. The van der Waals surface area contributed by atoms with Crippen LogP contribution in [-0.2, 0) is 14.3 Å². The molecule has 24 heavy (non-hydrogen) atoms. The second kappa shape index (κ2) is 9.60. The van der Waals surface area contributed by atoms with Crippen molar-refractivity contribution in [3.05, 3.63) is 29.8 Å². The van der Waals surface area contributed by atoms with Gasteiger partial charge in [0.1, 0.15) is 11.5 Å². The van der Waals surface area contributed by atoms with Crippen molar-refractivity contribution in [2.24, 2.45) is 5.92 Å². The van der Waals surface area contributed by atoms with Crippen molar-refractivity contribution in [1.82, 2.24) is 4.90 Å². The molecule has 1 aromatic rings. The Labute approximate surface area is 143 Å². The van der Waals surface area contributed by atoms with Gasteiger partial charge in [-0.1, -0.05) is 6.92 Å². The fraction of sp³-hybridized carbons (Fsp3) is 0.444. The number of nitrogens with zero attached hydrogens (tertiary/aromatic N) is 1. The zero-order valence-corrected chi connectivity index (χ0v) is 14.9. The largest absolute Gasteiger partial charge is 0.497 e. The smallest absolute Gasteiger partial charge is 0.310 e. The molecule has 1 amide bonds. The van der Waals surface area contributed by atoms with Crippen LogP contribution in [0.15, 0.2) is 24.3 Å². The quantitative estimate of drug-likeness (QED) is 0.539. The molecule has 6 heteroatoms. The van der Waals surface area contributed by atoms with E-state index in [1.807, 2.05) is 13.0 Å². The number of carbonyl (C=O) groups is 2. The Bertz CT molecular complexity index is 597. The lowest BCUT2D eigenvalue weighted by molar-refractivity contribution is -0.146.